The van der Waals surface area contributed by atoms with Crippen LogP contribution in [0.15, 0.2) is 18.2 Å². The molecule has 1 aliphatic carbocycles. The molecule has 1 atom stereocenters. The van der Waals surface area contributed by atoms with Gasteiger partial charge in [-0.05, 0) is 38.3 Å². The molecule has 1 unspecified atom stereocenters. The number of anilines is 1. The van der Waals surface area contributed by atoms with Crippen molar-refractivity contribution in [2.75, 3.05) is 5.32 Å². The van der Waals surface area contributed by atoms with Gasteiger partial charge in [0.25, 0.3) is 0 Å². The second-order valence-electron chi connectivity index (χ2n) is 7.17. The van der Waals surface area contributed by atoms with E-state index in [1.807, 2.05) is 10.7 Å². The minimum atomic E-state index is -0.916. The fourth-order valence-corrected chi connectivity index (χ4v) is 5.14. The number of rotatable bonds is 3. The molecule has 4 rings (SSSR count). The van der Waals surface area contributed by atoms with Gasteiger partial charge in [-0.1, -0.05) is 30.5 Å². The molecule has 0 radical (unpaired) electrons. The molecule has 0 saturated heterocycles. The van der Waals surface area contributed by atoms with Crippen molar-refractivity contribution in [3.8, 4) is 5.69 Å². The van der Waals surface area contributed by atoms with Gasteiger partial charge in [-0.2, -0.15) is 5.10 Å². The van der Waals surface area contributed by atoms with E-state index in [-0.39, 0.29) is 11.8 Å². The van der Waals surface area contributed by atoms with Gasteiger partial charge >= 0.3 is 0 Å². The van der Waals surface area contributed by atoms with E-state index in [2.05, 4.69) is 31.3 Å². The summed E-state index contributed by atoms with van der Waals surface area (Å²) >= 11 is 0. The first-order valence-electron chi connectivity index (χ1n) is 8.87. The largest absolute Gasteiger partial charge is 0.310 e. The number of carbonyl (C=O) groups is 1. The van der Waals surface area contributed by atoms with Gasteiger partial charge in [-0.15, -0.1) is 0 Å². The zero-order chi connectivity index (χ0) is 17.6. The standard InChI is InChI=1S/C19H23N3O2S/c1-12-7-8-17(13(2)9-12)22-18(15-10-25(24)11-16(15)21-22)20-19(23)14-5-3-4-6-14/h7-9,14H,3-6,10-11H2,1-2H3,(H,20,23). The highest BCUT2D eigenvalue weighted by Gasteiger charge is 2.30. The summed E-state index contributed by atoms with van der Waals surface area (Å²) in [6.45, 7) is 4.11. The molecule has 1 aliphatic heterocycles. The lowest BCUT2D eigenvalue weighted by Gasteiger charge is -2.15. The first-order valence-corrected chi connectivity index (χ1v) is 10.4. The average Bonchev–Trinajstić information content (AvgIpc) is 3.25. The Morgan fingerprint density at radius 1 is 1.24 bits per heavy atom. The second-order valence-corrected chi connectivity index (χ2v) is 8.63. The van der Waals surface area contributed by atoms with E-state index in [1.54, 1.807) is 0 Å². The highest BCUT2D eigenvalue weighted by atomic mass is 32.2. The highest BCUT2D eigenvalue weighted by Crippen LogP contribution is 2.34. The molecule has 2 heterocycles. The quantitative estimate of drug-likeness (QED) is 0.916. The van der Waals surface area contributed by atoms with Crippen LogP contribution in [0.4, 0.5) is 5.82 Å². The van der Waals surface area contributed by atoms with Crippen LogP contribution in [0.1, 0.15) is 48.1 Å². The van der Waals surface area contributed by atoms with Gasteiger partial charge in [0, 0.05) is 22.3 Å². The second kappa shape index (κ2) is 6.41. The molecule has 2 aliphatic rings. The molecule has 2 aromatic rings. The lowest BCUT2D eigenvalue weighted by molar-refractivity contribution is -0.119. The fourth-order valence-electron chi connectivity index (χ4n) is 3.88. The van der Waals surface area contributed by atoms with Crippen LogP contribution in [-0.4, -0.2) is 19.9 Å². The molecule has 6 heteroatoms. The third-order valence-electron chi connectivity index (χ3n) is 5.22. The molecular weight excluding hydrogens is 334 g/mol. The Kier molecular flexibility index (Phi) is 4.23. The highest BCUT2D eigenvalue weighted by molar-refractivity contribution is 7.83. The zero-order valence-corrected chi connectivity index (χ0v) is 15.5. The summed E-state index contributed by atoms with van der Waals surface area (Å²) < 4.78 is 13.8. The number of amides is 1. The molecule has 132 valence electrons. The summed E-state index contributed by atoms with van der Waals surface area (Å²) in [7, 11) is -0.916. The molecule has 1 aromatic heterocycles. The molecule has 1 saturated carbocycles. The summed E-state index contributed by atoms with van der Waals surface area (Å²) in [5.41, 5.74) is 5.05. The molecule has 1 aromatic carbocycles. The van der Waals surface area contributed by atoms with Gasteiger partial charge in [0.15, 0.2) is 0 Å². The van der Waals surface area contributed by atoms with E-state index < -0.39 is 10.8 Å². The van der Waals surface area contributed by atoms with Crippen molar-refractivity contribution in [2.24, 2.45) is 5.92 Å². The first-order chi connectivity index (χ1) is 12.0. The van der Waals surface area contributed by atoms with Crippen molar-refractivity contribution in [3.05, 3.63) is 40.6 Å². The zero-order valence-electron chi connectivity index (χ0n) is 14.7. The summed E-state index contributed by atoms with van der Waals surface area (Å²) in [6, 6.07) is 6.20. The van der Waals surface area contributed by atoms with E-state index in [9.17, 15) is 9.00 Å². The summed E-state index contributed by atoms with van der Waals surface area (Å²) in [4.78, 5) is 12.7. The van der Waals surface area contributed by atoms with Crippen LogP contribution in [-0.2, 0) is 27.1 Å². The van der Waals surface area contributed by atoms with Crippen LogP contribution >= 0.6 is 0 Å². The third kappa shape index (κ3) is 3.03. The predicted octanol–water partition coefficient (Wildman–Crippen LogP) is 3.38. The first kappa shape index (κ1) is 16.5. The summed E-state index contributed by atoms with van der Waals surface area (Å²) in [6.07, 6.45) is 4.16. The van der Waals surface area contributed by atoms with Crippen LogP contribution < -0.4 is 5.32 Å². The molecule has 0 bridgehead atoms. The van der Waals surface area contributed by atoms with Gasteiger partial charge in [0.05, 0.1) is 22.9 Å². The van der Waals surface area contributed by atoms with E-state index in [0.29, 0.717) is 17.3 Å². The Labute approximate surface area is 150 Å². The van der Waals surface area contributed by atoms with Crippen molar-refractivity contribution < 1.29 is 9.00 Å². The fraction of sp³-hybridized carbons (Fsp3) is 0.474. The van der Waals surface area contributed by atoms with Crippen molar-refractivity contribution >= 4 is 22.5 Å². The Bertz CT molecular complexity index is 866. The number of nitrogens with one attached hydrogen (secondary N) is 1. The van der Waals surface area contributed by atoms with Crippen LogP contribution in [0.2, 0.25) is 0 Å². The van der Waals surface area contributed by atoms with Crippen LogP contribution in [0.25, 0.3) is 5.69 Å². The molecule has 1 fully saturated rings. The van der Waals surface area contributed by atoms with Gasteiger partial charge in [-0.3, -0.25) is 9.00 Å². The van der Waals surface area contributed by atoms with Crippen LogP contribution in [0, 0.1) is 19.8 Å². The maximum atomic E-state index is 12.7. The third-order valence-corrected chi connectivity index (χ3v) is 6.42. The number of aromatic nitrogens is 2. The summed E-state index contributed by atoms with van der Waals surface area (Å²) in [5, 5.41) is 7.81. The van der Waals surface area contributed by atoms with Crippen molar-refractivity contribution in [1.29, 1.82) is 0 Å². The SMILES string of the molecule is Cc1ccc(-n2nc3c(c2NC(=O)C2CCCC2)CS(=O)C3)c(C)c1. The van der Waals surface area contributed by atoms with E-state index in [1.165, 1.54) is 5.56 Å². The van der Waals surface area contributed by atoms with Crippen molar-refractivity contribution in [2.45, 2.75) is 51.0 Å². The van der Waals surface area contributed by atoms with Gasteiger partial charge in [0.1, 0.15) is 5.82 Å². The number of hydrogen-bond acceptors (Lipinski definition) is 3. The summed E-state index contributed by atoms with van der Waals surface area (Å²) in [5.74, 6) is 1.82. The average molecular weight is 357 g/mol. The van der Waals surface area contributed by atoms with Gasteiger partial charge < -0.3 is 5.32 Å². The maximum absolute atomic E-state index is 12.7. The number of nitrogens with zero attached hydrogens (tertiary/aromatic N) is 2. The lowest BCUT2D eigenvalue weighted by Crippen LogP contribution is -2.23. The monoisotopic (exact) mass is 357 g/mol. The van der Waals surface area contributed by atoms with Gasteiger partial charge in [-0.25, -0.2) is 4.68 Å². The van der Waals surface area contributed by atoms with E-state index in [4.69, 9.17) is 5.10 Å². The molecule has 1 amide bonds. The molecular formula is C19H23N3O2S. The molecule has 5 nitrogen and oxygen atoms in total. The minimum absolute atomic E-state index is 0.0731. The number of benzene rings is 1. The Balaban J connectivity index is 1.75. The van der Waals surface area contributed by atoms with Crippen LogP contribution in [0.5, 0.6) is 0 Å². The number of aryl methyl sites for hydroxylation is 2. The molecule has 1 N–H and O–H groups in total. The normalized spacial score (nSPS) is 20.0. The van der Waals surface area contributed by atoms with Crippen molar-refractivity contribution in [1.82, 2.24) is 9.78 Å². The Morgan fingerprint density at radius 2 is 2.00 bits per heavy atom. The molecule has 25 heavy (non-hydrogen) atoms. The maximum Gasteiger partial charge on any atom is 0.228 e. The topological polar surface area (TPSA) is 64.0 Å². The van der Waals surface area contributed by atoms with E-state index in [0.717, 1.165) is 48.2 Å². The predicted molar refractivity (Wildman–Crippen MR) is 99.2 cm³/mol. The van der Waals surface area contributed by atoms with Crippen molar-refractivity contribution in [3.63, 3.8) is 0 Å². The Morgan fingerprint density at radius 3 is 2.72 bits per heavy atom. The lowest BCUT2D eigenvalue weighted by atomic mass is 10.1. The van der Waals surface area contributed by atoms with Crippen LogP contribution in [0.3, 0.4) is 0 Å². The number of carbonyl (C=O) groups excluding carboxylic acids is 1. The number of fused-ring (bicyclic) bond motifs is 1. The van der Waals surface area contributed by atoms with E-state index >= 15 is 0 Å². The minimum Gasteiger partial charge on any atom is -0.310 e. The Hall–Kier alpha value is -1.95. The smallest absolute Gasteiger partial charge is 0.228 e. The number of hydrogen-bond donors (Lipinski definition) is 1. The van der Waals surface area contributed by atoms with Gasteiger partial charge in [0.2, 0.25) is 5.91 Å². The molecule has 0 spiro atoms.